The van der Waals surface area contributed by atoms with Crippen molar-refractivity contribution in [1.82, 2.24) is 9.78 Å². The summed E-state index contributed by atoms with van der Waals surface area (Å²) in [5.74, 6) is 0. The van der Waals surface area contributed by atoms with Crippen molar-refractivity contribution in [2.75, 3.05) is 0 Å². The zero-order valence-corrected chi connectivity index (χ0v) is 11.2. The molecule has 0 atom stereocenters. The summed E-state index contributed by atoms with van der Waals surface area (Å²) in [5, 5.41) is 14.8. The van der Waals surface area contributed by atoms with Crippen molar-refractivity contribution in [2.24, 2.45) is 7.05 Å². The normalized spacial score (nSPS) is 12.1. The maximum Gasteiger partial charge on any atom is 0.107 e. The molecule has 0 bridgehead atoms. The summed E-state index contributed by atoms with van der Waals surface area (Å²) >= 11 is 3.45. The third-order valence-corrected chi connectivity index (χ3v) is 3.24. The molecule has 0 saturated carbocycles. The maximum absolute atomic E-state index is 10.6. The van der Waals surface area contributed by atoms with Crippen molar-refractivity contribution >= 4 is 15.9 Å². The van der Waals surface area contributed by atoms with Crippen LogP contribution in [0.25, 0.3) is 0 Å². The van der Waals surface area contributed by atoms with Gasteiger partial charge in [-0.05, 0) is 28.8 Å². The summed E-state index contributed by atoms with van der Waals surface area (Å²) in [6, 6.07) is 0. The third kappa shape index (κ3) is 2.61. The Morgan fingerprint density at radius 1 is 1.40 bits per heavy atom. The Kier molecular flexibility index (Phi) is 4.34. The first-order valence-corrected chi connectivity index (χ1v) is 6.24. The van der Waals surface area contributed by atoms with E-state index in [0.717, 1.165) is 35.8 Å². The summed E-state index contributed by atoms with van der Waals surface area (Å²) in [4.78, 5) is 0. The van der Waals surface area contributed by atoms with Gasteiger partial charge in [0.1, 0.15) is 5.60 Å². The average Bonchev–Trinajstić information content (AvgIpc) is 2.47. The van der Waals surface area contributed by atoms with E-state index in [1.54, 1.807) is 10.9 Å². The van der Waals surface area contributed by atoms with Gasteiger partial charge >= 0.3 is 0 Å². The van der Waals surface area contributed by atoms with Gasteiger partial charge < -0.3 is 5.11 Å². The lowest BCUT2D eigenvalue weighted by atomic mass is 9.89. The molecular weight excluding hydrogens is 256 g/mol. The van der Waals surface area contributed by atoms with Gasteiger partial charge in [-0.1, -0.05) is 26.7 Å². The van der Waals surface area contributed by atoms with Gasteiger partial charge in [-0.25, -0.2) is 0 Å². The minimum Gasteiger partial charge on any atom is -0.384 e. The highest BCUT2D eigenvalue weighted by molar-refractivity contribution is 9.10. The molecule has 1 rings (SSSR count). The summed E-state index contributed by atoms with van der Waals surface area (Å²) in [5.41, 5.74) is 0.152. The highest BCUT2D eigenvalue weighted by Crippen LogP contribution is 2.35. The number of rotatable bonds is 5. The number of hydrogen-bond acceptors (Lipinski definition) is 2. The van der Waals surface area contributed by atoms with Gasteiger partial charge in [-0.15, -0.1) is 0 Å². The second-order valence-corrected chi connectivity index (χ2v) is 4.85. The Bertz CT molecular complexity index is 297. The van der Waals surface area contributed by atoms with E-state index in [0.29, 0.717) is 0 Å². The Morgan fingerprint density at radius 2 is 1.93 bits per heavy atom. The Balaban J connectivity index is 3.08. The number of nitrogens with zero attached hydrogens (tertiary/aromatic N) is 2. The number of aliphatic hydroxyl groups is 1. The van der Waals surface area contributed by atoms with E-state index in [1.807, 2.05) is 7.05 Å². The predicted molar refractivity (Wildman–Crippen MR) is 64.6 cm³/mol. The third-order valence-electron chi connectivity index (χ3n) is 2.66. The highest BCUT2D eigenvalue weighted by atomic mass is 79.9. The van der Waals surface area contributed by atoms with Crippen molar-refractivity contribution in [3.05, 3.63) is 16.4 Å². The first-order valence-electron chi connectivity index (χ1n) is 5.45. The van der Waals surface area contributed by atoms with E-state index >= 15 is 0 Å². The van der Waals surface area contributed by atoms with Crippen LogP contribution in [0.2, 0.25) is 0 Å². The van der Waals surface area contributed by atoms with E-state index < -0.39 is 5.60 Å². The lowest BCUT2D eigenvalue weighted by molar-refractivity contribution is 0.00846. The molecule has 0 spiro atoms. The molecule has 3 nitrogen and oxygen atoms in total. The summed E-state index contributed by atoms with van der Waals surface area (Å²) < 4.78 is 2.66. The van der Waals surface area contributed by atoms with Crippen molar-refractivity contribution in [3.8, 4) is 0 Å². The molecule has 0 unspecified atom stereocenters. The molecule has 0 aliphatic rings. The van der Waals surface area contributed by atoms with E-state index in [-0.39, 0.29) is 0 Å². The van der Waals surface area contributed by atoms with Gasteiger partial charge in [0.2, 0.25) is 0 Å². The molecule has 0 radical (unpaired) electrons. The van der Waals surface area contributed by atoms with Crippen LogP contribution in [0.5, 0.6) is 0 Å². The first-order chi connectivity index (χ1) is 7.05. The second kappa shape index (κ2) is 5.12. The second-order valence-electron chi connectivity index (χ2n) is 4.00. The van der Waals surface area contributed by atoms with Gasteiger partial charge in [0.25, 0.3) is 0 Å². The molecule has 0 aliphatic heterocycles. The van der Waals surface area contributed by atoms with Crippen LogP contribution in [0.1, 0.15) is 45.2 Å². The van der Waals surface area contributed by atoms with Crippen LogP contribution in [0.15, 0.2) is 10.7 Å². The average molecular weight is 275 g/mol. The molecule has 4 heteroatoms. The van der Waals surface area contributed by atoms with Crippen LogP contribution in [-0.4, -0.2) is 14.9 Å². The highest BCUT2D eigenvalue weighted by Gasteiger charge is 2.32. The van der Waals surface area contributed by atoms with Crippen LogP contribution in [-0.2, 0) is 12.6 Å². The fourth-order valence-electron chi connectivity index (χ4n) is 2.12. The SMILES string of the molecule is CCCC(O)(CCC)c1c(Br)cnn1C. The van der Waals surface area contributed by atoms with E-state index in [9.17, 15) is 5.11 Å². The molecule has 86 valence electrons. The molecule has 0 fully saturated rings. The number of hydrogen-bond donors (Lipinski definition) is 1. The van der Waals surface area contributed by atoms with Crippen LogP contribution in [0.3, 0.4) is 0 Å². The predicted octanol–water partition coefficient (Wildman–Crippen LogP) is 2.97. The standard InChI is InChI=1S/C11H19BrN2O/c1-4-6-11(15,7-5-2)10-9(12)8-13-14(10)3/h8,15H,4-7H2,1-3H3. The van der Waals surface area contributed by atoms with Crippen LogP contribution in [0.4, 0.5) is 0 Å². The maximum atomic E-state index is 10.6. The van der Waals surface area contributed by atoms with Gasteiger partial charge in [-0.2, -0.15) is 5.10 Å². The van der Waals surface area contributed by atoms with Gasteiger partial charge in [0.15, 0.2) is 0 Å². The Labute approximate surface area is 99.6 Å². The fraction of sp³-hybridized carbons (Fsp3) is 0.727. The molecule has 1 aromatic heterocycles. The number of halogens is 1. The van der Waals surface area contributed by atoms with Crippen LogP contribution >= 0.6 is 15.9 Å². The van der Waals surface area contributed by atoms with Gasteiger partial charge in [-0.3, -0.25) is 4.68 Å². The monoisotopic (exact) mass is 274 g/mol. The molecule has 15 heavy (non-hydrogen) atoms. The molecule has 0 aromatic carbocycles. The quantitative estimate of drug-likeness (QED) is 0.897. The zero-order chi connectivity index (χ0) is 11.5. The zero-order valence-electron chi connectivity index (χ0n) is 9.63. The van der Waals surface area contributed by atoms with Crippen molar-refractivity contribution in [1.29, 1.82) is 0 Å². The largest absolute Gasteiger partial charge is 0.384 e. The van der Waals surface area contributed by atoms with E-state index in [2.05, 4.69) is 34.9 Å². The van der Waals surface area contributed by atoms with Crippen molar-refractivity contribution in [2.45, 2.75) is 45.1 Å². The van der Waals surface area contributed by atoms with Gasteiger partial charge in [0.05, 0.1) is 16.4 Å². The lowest BCUT2D eigenvalue weighted by Gasteiger charge is -2.28. The van der Waals surface area contributed by atoms with Crippen molar-refractivity contribution < 1.29 is 5.11 Å². The molecule has 1 heterocycles. The minimum atomic E-state index is -0.742. The smallest absolute Gasteiger partial charge is 0.107 e. The number of aryl methyl sites for hydroxylation is 1. The first kappa shape index (κ1) is 12.7. The molecular formula is C11H19BrN2O. The minimum absolute atomic E-state index is 0.742. The molecule has 1 aromatic rings. The van der Waals surface area contributed by atoms with E-state index in [1.165, 1.54) is 0 Å². The van der Waals surface area contributed by atoms with Gasteiger partial charge in [0, 0.05) is 7.05 Å². The molecule has 1 N–H and O–H groups in total. The molecule has 0 amide bonds. The van der Waals surface area contributed by atoms with Crippen LogP contribution < -0.4 is 0 Å². The Morgan fingerprint density at radius 3 is 2.27 bits per heavy atom. The molecule has 0 aliphatic carbocycles. The fourth-order valence-corrected chi connectivity index (χ4v) is 2.84. The molecule has 0 saturated heterocycles. The van der Waals surface area contributed by atoms with Crippen molar-refractivity contribution in [3.63, 3.8) is 0 Å². The summed E-state index contributed by atoms with van der Waals surface area (Å²) in [6.45, 7) is 4.18. The summed E-state index contributed by atoms with van der Waals surface area (Å²) in [6.07, 6.45) is 5.23. The topological polar surface area (TPSA) is 38.1 Å². The van der Waals surface area contributed by atoms with E-state index in [4.69, 9.17) is 0 Å². The lowest BCUT2D eigenvalue weighted by Crippen LogP contribution is -2.28. The summed E-state index contributed by atoms with van der Waals surface area (Å²) in [7, 11) is 1.87. The number of aromatic nitrogens is 2. The Hall–Kier alpha value is -0.350. The van der Waals surface area contributed by atoms with Crippen LogP contribution in [0, 0.1) is 0 Å².